The Hall–Kier alpha value is -1.84. The van der Waals surface area contributed by atoms with Crippen molar-refractivity contribution in [3.8, 4) is 17.6 Å². The molecule has 7 heteroatoms. The molecule has 0 N–H and O–H groups in total. The minimum atomic E-state index is -0.510. The van der Waals surface area contributed by atoms with Gasteiger partial charge in [-0.05, 0) is 79.1 Å². The largest absolute Gasteiger partial charge is 0.490 e. The summed E-state index contributed by atoms with van der Waals surface area (Å²) in [5.74, 6) is 0.630. The molecule has 4 unspecified atom stereocenters. The number of carbonyl (C=O) groups is 1. The van der Waals surface area contributed by atoms with Crippen LogP contribution in [0.15, 0.2) is 32.9 Å². The van der Waals surface area contributed by atoms with Crippen molar-refractivity contribution in [2.75, 3.05) is 6.61 Å². The van der Waals surface area contributed by atoms with Gasteiger partial charge in [-0.3, -0.25) is 9.79 Å². The van der Waals surface area contributed by atoms with Gasteiger partial charge in [-0.15, -0.1) is 0 Å². The third kappa shape index (κ3) is 5.86. The van der Waals surface area contributed by atoms with Crippen LogP contribution in [0.3, 0.4) is 0 Å². The molecular formula is C27H34BrClN2O3. The number of rotatable bonds is 10. The van der Waals surface area contributed by atoms with E-state index in [1.54, 1.807) is 0 Å². The first-order valence-corrected chi connectivity index (χ1v) is 13.5. The first kappa shape index (κ1) is 26.8. The lowest BCUT2D eigenvalue weighted by Gasteiger charge is -2.35. The molecule has 1 aliphatic heterocycles. The Labute approximate surface area is 216 Å². The first-order chi connectivity index (χ1) is 16.3. The summed E-state index contributed by atoms with van der Waals surface area (Å²) in [6, 6.07) is 6.24. The summed E-state index contributed by atoms with van der Waals surface area (Å²) in [4.78, 5) is 18.1. The lowest BCUT2D eigenvalue weighted by Crippen LogP contribution is -2.32. The van der Waals surface area contributed by atoms with E-state index in [2.05, 4.69) is 35.8 Å². The van der Waals surface area contributed by atoms with Gasteiger partial charge >= 0.3 is 0 Å². The number of hydrogen-bond donors (Lipinski definition) is 0. The van der Waals surface area contributed by atoms with Crippen LogP contribution >= 0.6 is 27.5 Å². The predicted octanol–water partition coefficient (Wildman–Crippen LogP) is 7.71. The van der Waals surface area contributed by atoms with Gasteiger partial charge in [0.25, 0.3) is 0 Å². The molecule has 0 amide bonds. The van der Waals surface area contributed by atoms with Crippen molar-refractivity contribution in [3.05, 3.63) is 33.4 Å². The maximum atomic E-state index is 13.4. The Kier molecular flexibility index (Phi) is 9.62. The molecule has 0 fully saturated rings. The third-order valence-electron chi connectivity index (χ3n) is 6.53. The molecule has 1 heterocycles. The Morgan fingerprint density at radius 1 is 1.26 bits per heavy atom. The van der Waals surface area contributed by atoms with Gasteiger partial charge in [-0.2, -0.15) is 5.26 Å². The second kappa shape index (κ2) is 12.2. The zero-order chi connectivity index (χ0) is 24.8. The number of aliphatic imine (C=N–C) groups is 1. The minimum Gasteiger partial charge on any atom is -0.490 e. The molecule has 1 aliphatic carbocycles. The van der Waals surface area contributed by atoms with Crippen molar-refractivity contribution in [1.82, 2.24) is 0 Å². The molecule has 0 spiro atoms. The van der Waals surface area contributed by atoms with Crippen LogP contribution in [0, 0.1) is 23.2 Å². The van der Waals surface area contributed by atoms with E-state index in [1.165, 1.54) is 0 Å². The van der Waals surface area contributed by atoms with Crippen LogP contribution in [0.1, 0.15) is 84.1 Å². The van der Waals surface area contributed by atoms with E-state index in [4.69, 9.17) is 26.1 Å². The number of Topliss-reactive ketones (excluding diaryl/α,β-unsaturated/α-hetero) is 1. The summed E-state index contributed by atoms with van der Waals surface area (Å²) in [6.45, 7) is 8.50. The van der Waals surface area contributed by atoms with E-state index in [0.29, 0.717) is 40.5 Å². The molecule has 34 heavy (non-hydrogen) atoms. The quantitative estimate of drug-likeness (QED) is 0.280. The lowest BCUT2D eigenvalue weighted by molar-refractivity contribution is -0.117. The van der Waals surface area contributed by atoms with Crippen molar-refractivity contribution < 1.29 is 14.3 Å². The molecule has 1 aromatic rings. The van der Waals surface area contributed by atoms with E-state index < -0.39 is 11.5 Å². The van der Waals surface area contributed by atoms with Gasteiger partial charge in [-0.1, -0.05) is 38.3 Å². The van der Waals surface area contributed by atoms with Gasteiger partial charge in [0.1, 0.15) is 0 Å². The fourth-order valence-electron chi connectivity index (χ4n) is 4.97. The molecular weight excluding hydrogens is 516 g/mol. The standard InChI is InChI=1S/C27H34BrClN2O3/c1-5-8-10-24(29)34-27-20(28)13-18(14-23(27)33-7-3)25-19(15-30)16(4)31-21-11-17(9-6-2)12-22(32)26(21)25/h13-14,17,19,24-25H,5-12H2,1-4H3. The zero-order valence-corrected chi connectivity index (χ0v) is 22.8. The number of allylic oxidation sites excluding steroid dienone is 2. The van der Waals surface area contributed by atoms with Crippen LogP contribution in [-0.2, 0) is 4.79 Å². The SMILES string of the molecule is CCCCC(Cl)Oc1c(Br)cc(C2C3=C(CC(CCC)CC3=O)N=C(C)C2C#N)cc1OCC. The van der Waals surface area contributed by atoms with Crippen molar-refractivity contribution in [3.63, 3.8) is 0 Å². The zero-order valence-electron chi connectivity index (χ0n) is 20.5. The van der Waals surface area contributed by atoms with Gasteiger partial charge < -0.3 is 9.47 Å². The van der Waals surface area contributed by atoms with E-state index in [9.17, 15) is 10.1 Å². The molecule has 5 nitrogen and oxygen atoms in total. The number of alkyl halides is 1. The molecule has 1 aromatic carbocycles. The maximum absolute atomic E-state index is 13.4. The van der Waals surface area contributed by atoms with Crippen molar-refractivity contribution in [1.29, 1.82) is 5.26 Å². The number of hydrogen-bond acceptors (Lipinski definition) is 5. The van der Waals surface area contributed by atoms with Gasteiger partial charge in [0.15, 0.2) is 22.8 Å². The van der Waals surface area contributed by atoms with Crippen molar-refractivity contribution in [2.24, 2.45) is 16.8 Å². The van der Waals surface area contributed by atoms with Gasteiger partial charge in [-0.25, -0.2) is 0 Å². The van der Waals surface area contributed by atoms with Crippen molar-refractivity contribution in [2.45, 2.75) is 84.1 Å². The van der Waals surface area contributed by atoms with Crippen LogP contribution in [0.2, 0.25) is 0 Å². The number of nitrogens with zero attached hydrogens (tertiary/aromatic N) is 2. The number of unbranched alkanes of at least 4 members (excludes halogenated alkanes) is 1. The van der Waals surface area contributed by atoms with Gasteiger partial charge in [0.2, 0.25) is 0 Å². The summed E-state index contributed by atoms with van der Waals surface area (Å²) >= 11 is 10.1. The number of halogens is 2. The van der Waals surface area contributed by atoms with Gasteiger partial charge in [0.05, 0.1) is 23.1 Å². The lowest BCUT2D eigenvalue weighted by atomic mass is 9.70. The summed E-state index contributed by atoms with van der Waals surface area (Å²) < 4.78 is 12.7. The Bertz CT molecular complexity index is 1010. The highest BCUT2D eigenvalue weighted by molar-refractivity contribution is 9.10. The maximum Gasteiger partial charge on any atom is 0.177 e. The molecule has 0 radical (unpaired) electrons. The fraction of sp³-hybridized carbons (Fsp3) is 0.593. The summed E-state index contributed by atoms with van der Waals surface area (Å²) in [5.41, 5.74) is 2.66. The molecule has 0 bridgehead atoms. The van der Waals surface area contributed by atoms with E-state index in [1.807, 2.05) is 26.0 Å². The summed E-state index contributed by atoms with van der Waals surface area (Å²) in [5, 5.41) is 10.1. The number of ether oxygens (including phenoxy) is 2. The van der Waals surface area contributed by atoms with E-state index in [0.717, 1.165) is 55.5 Å². The van der Waals surface area contributed by atoms with Crippen LogP contribution < -0.4 is 9.47 Å². The normalized spacial score (nSPS) is 23.1. The molecule has 4 atom stereocenters. The molecule has 0 saturated heterocycles. The van der Waals surface area contributed by atoms with Crippen LogP contribution in [0.25, 0.3) is 0 Å². The Morgan fingerprint density at radius 2 is 2.03 bits per heavy atom. The highest BCUT2D eigenvalue weighted by atomic mass is 79.9. The second-order valence-corrected chi connectivity index (χ2v) is 10.5. The summed E-state index contributed by atoms with van der Waals surface area (Å²) in [7, 11) is 0. The number of nitriles is 1. The average molecular weight is 550 g/mol. The smallest absolute Gasteiger partial charge is 0.177 e. The highest BCUT2D eigenvalue weighted by Crippen LogP contribution is 2.48. The van der Waals surface area contributed by atoms with E-state index >= 15 is 0 Å². The fourth-order valence-corrected chi connectivity index (χ4v) is 5.77. The summed E-state index contributed by atoms with van der Waals surface area (Å²) in [6.07, 6.45) is 6.09. The molecule has 2 aliphatic rings. The first-order valence-electron chi connectivity index (χ1n) is 12.3. The Balaban J connectivity index is 2.06. The highest BCUT2D eigenvalue weighted by Gasteiger charge is 2.41. The van der Waals surface area contributed by atoms with Crippen LogP contribution in [-0.4, -0.2) is 23.7 Å². The average Bonchev–Trinajstić information content (AvgIpc) is 2.79. The van der Waals surface area contributed by atoms with Gasteiger partial charge in [0, 0.05) is 29.3 Å². The molecule has 0 aromatic heterocycles. The molecule has 184 valence electrons. The van der Waals surface area contributed by atoms with Crippen molar-refractivity contribution >= 4 is 39.0 Å². The third-order valence-corrected chi connectivity index (χ3v) is 7.43. The van der Waals surface area contributed by atoms with Crippen LogP contribution in [0.4, 0.5) is 0 Å². The number of carbonyl (C=O) groups excluding carboxylic acids is 1. The monoisotopic (exact) mass is 548 g/mol. The minimum absolute atomic E-state index is 0.107. The molecule has 3 rings (SSSR count). The van der Waals surface area contributed by atoms with Crippen LogP contribution in [0.5, 0.6) is 11.5 Å². The number of benzene rings is 1. The molecule has 0 saturated carbocycles. The topological polar surface area (TPSA) is 71.7 Å². The number of ketones is 1. The van der Waals surface area contributed by atoms with E-state index in [-0.39, 0.29) is 11.7 Å². The predicted molar refractivity (Wildman–Crippen MR) is 140 cm³/mol. The second-order valence-electron chi connectivity index (χ2n) is 9.12. The Morgan fingerprint density at radius 3 is 2.68 bits per heavy atom.